The van der Waals surface area contributed by atoms with E-state index in [0.29, 0.717) is 6.41 Å². The van der Waals surface area contributed by atoms with Crippen molar-refractivity contribution in [2.75, 3.05) is 6.61 Å². The van der Waals surface area contributed by atoms with E-state index in [1.54, 1.807) is 26.0 Å². The molecule has 0 bridgehead atoms. The highest BCUT2D eigenvalue weighted by molar-refractivity contribution is 6.36. The van der Waals surface area contributed by atoms with Crippen molar-refractivity contribution in [1.82, 2.24) is 4.90 Å². The number of oxime groups is 1. The summed E-state index contributed by atoms with van der Waals surface area (Å²) in [5.41, 5.74) is 0.806. The molecule has 1 aromatic carbocycles. The van der Waals surface area contributed by atoms with E-state index in [-0.39, 0.29) is 6.61 Å². The third-order valence-electron chi connectivity index (χ3n) is 2.61. The predicted molar refractivity (Wildman–Crippen MR) is 68.6 cm³/mol. The zero-order chi connectivity index (χ0) is 14.3. The van der Waals surface area contributed by atoms with Gasteiger partial charge in [0.15, 0.2) is 0 Å². The number of esters is 1. The standard InChI is InChI=1S/C13H16N2O4/c1-3-19-13(17)12(14-18)15(9-16)10(2)11-7-5-4-6-8-11/h4-10,18H,3H2,1-2H3/b14-12-/t10-/m1/s1. The average molecular weight is 264 g/mol. The van der Waals surface area contributed by atoms with E-state index in [4.69, 9.17) is 9.94 Å². The lowest BCUT2D eigenvalue weighted by Crippen LogP contribution is -2.38. The molecule has 1 amide bonds. The Morgan fingerprint density at radius 1 is 1.47 bits per heavy atom. The minimum absolute atomic E-state index is 0.129. The van der Waals surface area contributed by atoms with Gasteiger partial charge >= 0.3 is 5.97 Å². The van der Waals surface area contributed by atoms with Crippen LogP contribution in [0.1, 0.15) is 25.5 Å². The second-order valence-corrected chi connectivity index (χ2v) is 3.74. The first-order valence-electron chi connectivity index (χ1n) is 5.83. The molecule has 0 heterocycles. The van der Waals surface area contributed by atoms with E-state index in [1.165, 1.54) is 0 Å². The van der Waals surface area contributed by atoms with Crippen molar-refractivity contribution in [3.8, 4) is 0 Å². The van der Waals surface area contributed by atoms with Gasteiger partial charge in [-0.1, -0.05) is 35.5 Å². The van der Waals surface area contributed by atoms with Crippen LogP contribution in [0, 0.1) is 0 Å². The second-order valence-electron chi connectivity index (χ2n) is 3.74. The van der Waals surface area contributed by atoms with E-state index < -0.39 is 17.8 Å². The van der Waals surface area contributed by atoms with Gasteiger partial charge in [-0.05, 0) is 19.4 Å². The molecule has 1 rings (SSSR count). The minimum Gasteiger partial charge on any atom is -0.460 e. The highest BCUT2D eigenvalue weighted by Gasteiger charge is 2.26. The molecule has 1 atom stereocenters. The van der Waals surface area contributed by atoms with E-state index in [0.717, 1.165) is 10.5 Å². The summed E-state index contributed by atoms with van der Waals surface area (Å²) in [4.78, 5) is 23.8. The maximum absolute atomic E-state index is 11.6. The summed E-state index contributed by atoms with van der Waals surface area (Å²) >= 11 is 0. The summed E-state index contributed by atoms with van der Waals surface area (Å²) in [7, 11) is 0. The highest BCUT2D eigenvalue weighted by atomic mass is 16.5. The van der Waals surface area contributed by atoms with Gasteiger partial charge in [0.2, 0.25) is 6.41 Å². The molecular weight excluding hydrogens is 248 g/mol. The largest absolute Gasteiger partial charge is 0.460 e. The van der Waals surface area contributed by atoms with Gasteiger partial charge in [0.25, 0.3) is 5.84 Å². The molecule has 0 saturated heterocycles. The Bertz CT molecular complexity index is 459. The van der Waals surface area contributed by atoms with Crippen LogP contribution < -0.4 is 0 Å². The van der Waals surface area contributed by atoms with Crippen LogP contribution in [-0.2, 0) is 14.3 Å². The number of hydrogen-bond donors (Lipinski definition) is 1. The Morgan fingerprint density at radius 3 is 2.58 bits per heavy atom. The fraction of sp³-hybridized carbons (Fsp3) is 0.308. The fourth-order valence-electron chi connectivity index (χ4n) is 1.61. The number of amidine groups is 1. The number of rotatable bonds is 4. The van der Waals surface area contributed by atoms with Crippen LogP contribution in [0.25, 0.3) is 0 Å². The summed E-state index contributed by atoms with van der Waals surface area (Å²) in [5, 5.41) is 11.8. The molecule has 1 aromatic rings. The van der Waals surface area contributed by atoms with Crippen LogP contribution in [0.15, 0.2) is 35.5 Å². The Kier molecular flexibility index (Phi) is 5.53. The van der Waals surface area contributed by atoms with Crippen molar-refractivity contribution in [2.45, 2.75) is 19.9 Å². The van der Waals surface area contributed by atoms with Crippen LogP contribution in [-0.4, -0.2) is 34.9 Å². The number of ether oxygens (including phenoxy) is 1. The zero-order valence-electron chi connectivity index (χ0n) is 10.8. The first kappa shape index (κ1) is 14.7. The molecule has 6 heteroatoms. The monoisotopic (exact) mass is 264 g/mol. The lowest BCUT2D eigenvalue weighted by Gasteiger charge is -2.24. The molecule has 0 aliphatic carbocycles. The predicted octanol–water partition coefficient (Wildman–Crippen LogP) is 1.56. The maximum Gasteiger partial charge on any atom is 0.378 e. The first-order valence-corrected chi connectivity index (χ1v) is 5.83. The van der Waals surface area contributed by atoms with Gasteiger partial charge in [-0.3, -0.25) is 9.69 Å². The zero-order valence-corrected chi connectivity index (χ0v) is 10.8. The molecule has 0 radical (unpaired) electrons. The SMILES string of the molecule is CCOC(=O)/C(=N/O)N(C=O)[C@H](C)c1ccccc1. The fourth-order valence-corrected chi connectivity index (χ4v) is 1.61. The summed E-state index contributed by atoms with van der Waals surface area (Å²) in [6.45, 7) is 3.47. The molecule has 0 saturated carbocycles. The Balaban J connectivity index is 2.99. The van der Waals surface area contributed by atoms with E-state index in [9.17, 15) is 9.59 Å². The van der Waals surface area contributed by atoms with E-state index >= 15 is 0 Å². The van der Waals surface area contributed by atoms with Crippen molar-refractivity contribution < 1.29 is 19.5 Å². The number of benzene rings is 1. The van der Waals surface area contributed by atoms with Crippen molar-refractivity contribution in [3.63, 3.8) is 0 Å². The lowest BCUT2D eigenvalue weighted by atomic mass is 10.1. The van der Waals surface area contributed by atoms with Crippen molar-refractivity contribution in [3.05, 3.63) is 35.9 Å². The van der Waals surface area contributed by atoms with Crippen LogP contribution in [0.3, 0.4) is 0 Å². The molecule has 0 fully saturated rings. The Morgan fingerprint density at radius 2 is 2.11 bits per heavy atom. The van der Waals surface area contributed by atoms with E-state index in [1.807, 2.05) is 18.2 Å². The molecule has 1 N–H and O–H groups in total. The third-order valence-corrected chi connectivity index (χ3v) is 2.61. The number of hydrogen-bond acceptors (Lipinski definition) is 5. The quantitative estimate of drug-likeness (QED) is 0.223. The van der Waals surface area contributed by atoms with Gasteiger partial charge in [0, 0.05) is 0 Å². The molecule has 0 unspecified atom stereocenters. The van der Waals surface area contributed by atoms with Gasteiger partial charge in [-0.25, -0.2) is 4.79 Å². The average Bonchev–Trinajstić information content (AvgIpc) is 2.45. The highest BCUT2D eigenvalue weighted by Crippen LogP contribution is 2.19. The summed E-state index contributed by atoms with van der Waals surface area (Å²) in [5.74, 6) is -1.28. The van der Waals surface area contributed by atoms with Crippen molar-refractivity contribution in [1.29, 1.82) is 0 Å². The van der Waals surface area contributed by atoms with Gasteiger partial charge in [-0.15, -0.1) is 0 Å². The van der Waals surface area contributed by atoms with Crippen LogP contribution in [0.4, 0.5) is 0 Å². The summed E-state index contributed by atoms with van der Waals surface area (Å²) in [6.07, 6.45) is 0.434. The molecule has 0 aliphatic heterocycles. The van der Waals surface area contributed by atoms with Gasteiger partial charge < -0.3 is 9.94 Å². The van der Waals surface area contributed by atoms with Crippen LogP contribution >= 0.6 is 0 Å². The third kappa shape index (κ3) is 3.54. The minimum atomic E-state index is -0.847. The second kappa shape index (κ2) is 7.15. The number of nitrogens with zero attached hydrogens (tertiary/aromatic N) is 2. The molecule has 0 spiro atoms. The Hall–Kier alpha value is -2.37. The molecule has 6 nitrogen and oxygen atoms in total. The molecular formula is C13H16N2O4. The van der Waals surface area contributed by atoms with Crippen LogP contribution in [0.2, 0.25) is 0 Å². The molecule has 19 heavy (non-hydrogen) atoms. The van der Waals surface area contributed by atoms with Gasteiger partial charge in [-0.2, -0.15) is 0 Å². The maximum atomic E-state index is 11.6. The first-order chi connectivity index (χ1) is 9.15. The number of amides is 1. The topological polar surface area (TPSA) is 79.2 Å². The molecule has 0 aliphatic rings. The normalized spacial score (nSPS) is 12.6. The van der Waals surface area contributed by atoms with Crippen molar-refractivity contribution in [2.24, 2.45) is 5.16 Å². The summed E-state index contributed by atoms with van der Waals surface area (Å²) < 4.78 is 4.73. The lowest BCUT2D eigenvalue weighted by molar-refractivity contribution is -0.137. The molecule has 102 valence electrons. The van der Waals surface area contributed by atoms with Crippen molar-refractivity contribution >= 4 is 18.2 Å². The molecule has 0 aromatic heterocycles. The number of carbonyl (C=O) groups excluding carboxylic acids is 2. The number of carbonyl (C=O) groups is 2. The van der Waals surface area contributed by atoms with Gasteiger partial charge in [0.05, 0.1) is 12.6 Å². The Labute approximate surface area is 111 Å². The van der Waals surface area contributed by atoms with E-state index in [2.05, 4.69) is 5.16 Å². The van der Waals surface area contributed by atoms with Gasteiger partial charge in [0.1, 0.15) is 0 Å². The summed E-state index contributed by atoms with van der Waals surface area (Å²) in [6, 6.07) is 8.63. The smallest absolute Gasteiger partial charge is 0.378 e. The van der Waals surface area contributed by atoms with Crippen LogP contribution in [0.5, 0.6) is 0 Å².